The lowest BCUT2D eigenvalue weighted by atomic mass is 10.1. The first-order valence-corrected chi connectivity index (χ1v) is 6.69. The summed E-state index contributed by atoms with van der Waals surface area (Å²) in [7, 11) is 0. The topological polar surface area (TPSA) is 56.0 Å². The summed E-state index contributed by atoms with van der Waals surface area (Å²) in [6.07, 6.45) is 1.74. The molecule has 0 saturated carbocycles. The van der Waals surface area contributed by atoms with Crippen molar-refractivity contribution in [2.24, 2.45) is 0 Å². The van der Waals surface area contributed by atoms with E-state index in [9.17, 15) is 0 Å². The van der Waals surface area contributed by atoms with Crippen molar-refractivity contribution in [3.05, 3.63) is 54.7 Å². The maximum absolute atomic E-state index is 4.55. The SMILES string of the molecule is c1ccc2c(c1)ccc1c2nnc2c3cccnc3nn12. The third-order valence-corrected chi connectivity index (χ3v) is 3.78. The minimum absolute atomic E-state index is 0.687. The molecule has 0 radical (unpaired) electrons. The highest BCUT2D eigenvalue weighted by Gasteiger charge is 2.11. The normalized spacial score (nSPS) is 11.8. The standard InChI is InChI=1S/C16H9N5/c1-2-5-11-10(4-1)7-8-13-14(11)18-19-16-12-6-3-9-17-15(12)20-21(13)16/h1-9H. The van der Waals surface area contributed by atoms with Crippen molar-refractivity contribution in [3.63, 3.8) is 0 Å². The molecule has 3 heterocycles. The van der Waals surface area contributed by atoms with Gasteiger partial charge in [-0.05, 0) is 23.6 Å². The average Bonchev–Trinajstić information content (AvgIpc) is 2.93. The lowest BCUT2D eigenvalue weighted by Gasteiger charge is -2.03. The van der Waals surface area contributed by atoms with Crippen molar-refractivity contribution >= 4 is 38.5 Å². The monoisotopic (exact) mass is 271 g/mol. The molecule has 0 N–H and O–H groups in total. The van der Waals surface area contributed by atoms with Gasteiger partial charge in [0.2, 0.25) is 0 Å². The van der Waals surface area contributed by atoms with Crippen LogP contribution < -0.4 is 0 Å². The summed E-state index contributed by atoms with van der Waals surface area (Å²) < 4.78 is 1.83. The Morgan fingerprint density at radius 3 is 2.71 bits per heavy atom. The van der Waals surface area contributed by atoms with E-state index in [0.29, 0.717) is 5.65 Å². The number of nitrogens with zero attached hydrogens (tertiary/aromatic N) is 5. The van der Waals surface area contributed by atoms with Crippen LogP contribution in [0.15, 0.2) is 54.7 Å². The van der Waals surface area contributed by atoms with Crippen LogP contribution in [0.5, 0.6) is 0 Å². The van der Waals surface area contributed by atoms with E-state index in [4.69, 9.17) is 0 Å². The summed E-state index contributed by atoms with van der Waals surface area (Å²) in [6.45, 7) is 0. The number of hydrogen-bond acceptors (Lipinski definition) is 4. The maximum atomic E-state index is 4.55. The number of fused-ring (bicyclic) bond motifs is 7. The Kier molecular flexibility index (Phi) is 1.90. The van der Waals surface area contributed by atoms with E-state index in [0.717, 1.165) is 32.8 Å². The van der Waals surface area contributed by atoms with Crippen LogP contribution in [0.1, 0.15) is 0 Å². The van der Waals surface area contributed by atoms with Crippen molar-refractivity contribution < 1.29 is 0 Å². The molecule has 0 saturated heterocycles. The number of aromatic nitrogens is 5. The summed E-state index contributed by atoms with van der Waals surface area (Å²) in [5.74, 6) is 0. The lowest BCUT2D eigenvalue weighted by Crippen LogP contribution is -1.96. The molecule has 5 rings (SSSR count). The summed E-state index contributed by atoms with van der Waals surface area (Å²) >= 11 is 0. The Balaban J connectivity index is 2.07. The fourth-order valence-corrected chi connectivity index (χ4v) is 2.79. The Labute approximate surface area is 118 Å². The van der Waals surface area contributed by atoms with Crippen LogP contribution in [0.2, 0.25) is 0 Å². The number of rotatable bonds is 0. The molecule has 0 atom stereocenters. The van der Waals surface area contributed by atoms with Crippen molar-refractivity contribution in [3.8, 4) is 0 Å². The van der Waals surface area contributed by atoms with Crippen molar-refractivity contribution in [2.45, 2.75) is 0 Å². The fraction of sp³-hybridized carbons (Fsp3) is 0. The van der Waals surface area contributed by atoms with Crippen LogP contribution in [0.25, 0.3) is 38.5 Å². The molecule has 0 bridgehead atoms. The minimum Gasteiger partial charge on any atom is -0.235 e. The Morgan fingerprint density at radius 2 is 1.71 bits per heavy atom. The molecule has 0 unspecified atom stereocenters. The summed E-state index contributed by atoms with van der Waals surface area (Å²) in [6, 6.07) is 16.1. The van der Waals surface area contributed by atoms with Gasteiger partial charge in [-0.2, -0.15) is 0 Å². The van der Waals surface area contributed by atoms with E-state index in [2.05, 4.69) is 38.5 Å². The molecule has 5 heteroatoms. The molecule has 2 aromatic carbocycles. The number of hydrogen-bond donors (Lipinski definition) is 0. The summed E-state index contributed by atoms with van der Waals surface area (Å²) in [5, 5.41) is 16.5. The molecule has 0 amide bonds. The molecule has 0 aliphatic heterocycles. The van der Waals surface area contributed by atoms with E-state index in [1.807, 2.05) is 34.8 Å². The van der Waals surface area contributed by atoms with Gasteiger partial charge < -0.3 is 0 Å². The van der Waals surface area contributed by atoms with Gasteiger partial charge in [-0.15, -0.1) is 15.3 Å². The third kappa shape index (κ3) is 1.34. The molecule has 98 valence electrons. The Hall–Kier alpha value is -3.08. The quantitative estimate of drug-likeness (QED) is 0.406. The highest BCUT2D eigenvalue weighted by molar-refractivity contribution is 6.05. The van der Waals surface area contributed by atoms with Gasteiger partial charge in [-0.3, -0.25) is 0 Å². The van der Waals surface area contributed by atoms with Gasteiger partial charge in [-0.25, -0.2) is 9.50 Å². The first-order chi connectivity index (χ1) is 10.4. The third-order valence-electron chi connectivity index (χ3n) is 3.78. The van der Waals surface area contributed by atoms with Crippen molar-refractivity contribution in [1.82, 2.24) is 24.8 Å². The summed E-state index contributed by atoms with van der Waals surface area (Å²) in [5.41, 5.74) is 3.22. The first kappa shape index (κ1) is 10.7. The Morgan fingerprint density at radius 1 is 0.810 bits per heavy atom. The van der Waals surface area contributed by atoms with Crippen LogP contribution in [-0.4, -0.2) is 24.8 Å². The highest BCUT2D eigenvalue weighted by atomic mass is 15.3. The second-order valence-corrected chi connectivity index (χ2v) is 4.96. The molecule has 0 aliphatic carbocycles. The second-order valence-electron chi connectivity index (χ2n) is 4.96. The Bertz CT molecular complexity index is 1140. The molecule has 21 heavy (non-hydrogen) atoms. The lowest BCUT2D eigenvalue weighted by molar-refractivity contribution is 0.952. The van der Waals surface area contributed by atoms with Crippen molar-refractivity contribution in [2.75, 3.05) is 0 Å². The maximum Gasteiger partial charge on any atom is 0.187 e. The zero-order chi connectivity index (χ0) is 13.8. The van der Waals surface area contributed by atoms with Gasteiger partial charge in [0.1, 0.15) is 5.52 Å². The molecular weight excluding hydrogens is 262 g/mol. The number of benzene rings is 2. The van der Waals surface area contributed by atoms with E-state index < -0.39 is 0 Å². The van der Waals surface area contributed by atoms with E-state index in [1.54, 1.807) is 6.20 Å². The highest BCUT2D eigenvalue weighted by Crippen LogP contribution is 2.25. The predicted molar refractivity (Wildman–Crippen MR) is 81.1 cm³/mol. The predicted octanol–water partition coefficient (Wildman–Crippen LogP) is 2.98. The van der Waals surface area contributed by atoms with Crippen LogP contribution in [-0.2, 0) is 0 Å². The average molecular weight is 271 g/mol. The van der Waals surface area contributed by atoms with Gasteiger partial charge in [0.05, 0.1) is 10.9 Å². The smallest absolute Gasteiger partial charge is 0.187 e. The molecule has 5 nitrogen and oxygen atoms in total. The van der Waals surface area contributed by atoms with Gasteiger partial charge in [0, 0.05) is 11.6 Å². The second kappa shape index (κ2) is 3.73. The van der Waals surface area contributed by atoms with Gasteiger partial charge in [0.15, 0.2) is 11.3 Å². The molecule has 0 spiro atoms. The van der Waals surface area contributed by atoms with Crippen LogP contribution >= 0.6 is 0 Å². The van der Waals surface area contributed by atoms with Gasteiger partial charge in [0.25, 0.3) is 0 Å². The molecule has 3 aromatic heterocycles. The fourth-order valence-electron chi connectivity index (χ4n) is 2.79. The van der Waals surface area contributed by atoms with Crippen molar-refractivity contribution in [1.29, 1.82) is 0 Å². The molecule has 5 aromatic rings. The van der Waals surface area contributed by atoms with Crippen LogP contribution in [0.4, 0.5) is 0 Å². The zero-order valence-corrected chi connectivity index (χ0v) is 10.9. The zero-order valence-electron chi connectivity index (χ0n) is 10.9. The molecular formula is C16H9N5. The van der Waals surface area contributed by atoms with E-state index >= 15 is 0 Å². The van der Waals surface area contributed by atoms with Gasteiger partial charge >= 0.3 is 0 Å². The minimum atomic E-state index is 0.687. The van der Waals surface area contributed by atoms with Gasteiger partial charge in [-0.1, -0.05) is 30.3 Å². The molecule has 0 fully saturated rings. The number of pyridine rings is 1. The largest absolute Gasteiger partial charge is 0.235 e. The first-order valence-electron chi connectivity index (χ1n) is 6.69. The molecule has 0 aliphatic rings. The van der Waals surface area contributed by atoms with Crippen LogP contribution in [0.3, 0.4) is 0 Å². The van der Waals surface area contributed by atoms with E-state index in [1.165, 1.54) is 0 Å². The van der Waals surface area contributed by atoms with E-state index in [-0.39, 0.29) is 0 Å². The van der Waals surface area contributed by atoms with Crippen LogP contribution in [0, 0.1) is 0 Å². The summed E-state index contributed by atoms with van der Waals surface area (Å²) in [4.78, 5) is 4.29.